The molecule has 1 aromatic heterocycles. The van der Waals surface area contributed by atoms with E-state index in [9.17, 15) is 14.4 Å². The third-order valence-corrected chi connectivity index (χ3v) is 6.57. The summed E-state index contributed by atoms with van der Waals surface area (Å²) in [5, 5.41) is 3.79. The molecule has 6 heteroatoms. The van der Waals surface area contributed by atoms with E-state index >= 15 is 0 Å². The standard InChI is InChI=1S/C22H24N2O4/c25-19-12-16(17-10-14-6-5-7-15(14)11-18(17)28-19)13-24-20(26)22(23-21(24)27)8-3-1-2-4-9-22/h10-12H,1-9,13H2,(H,23,27). The van der Waals surface area contributed by atoms with Crippen LogP contribution in [-0.4, -0.2) is 22.4 Å². The molecule has 0 unspecified atom stereocenters. The molecule has 1 saturated heterocycles. The van der Waals surface area contributed by atoms with Gasteiger partial charge in [0.1, 0.15) is 11.1 Å². The number of fused-ring (bicyclic) bond motifs is 2. The van der Waals surface area contributed by atoms with Gasteiger partial charge in [-0.1, -0.05) is 25.7 Å². The summed E-state index contributed by atoms with van der Waals surface area (Å²) in [7, 11) is 0. The summed E-state index contributed by atoms with van der Waals surface area (Å²) >= 11 is 0. The van der Waals surface area contributed by atoms with Crippen molar-refractivity contribution in [3.05, 3.63) is 45.3 Å². The lowest BCUT2D eigenvalue weighted by Gasteiger charge is -2.24. The lowest BCUT2D eigenvalue weighted by molar-refractivity contribution is -0.132. The zero-order chi connectivity index (χ0) is 19.3. The maximum Gasteiger partial charge on any atom is 0.336 e. The van der Waals surface area contributed by atoms with Gasteiger partial charge in [0.25, 0.3) is 5.91 Å². The Hall–Kier alpha value is -2.63. The van der Waals surface area contributed by atoms with Gasteiger partial charge in [0, 0.05) is 11.5 Å². The van der Waals surface area contributed by atoms with Crippen molar-refractivity contribution in [2.45, 2.75) is 69.9 Å². The van der Waals surface area contributed by atoms with Crippen LogP contribution in [-0.2, 0) is 24.2 Å². The third kappa shape index (κ3) is 2.74. The summed E-state index contributed by atoms with van der Waals surface area (Å²) < 4.78 is 5.41. The second-order valence-electron chi connectivity index (χ2n) is 8.38. The molecule has 2 aromatic rings. The van der Waals surface area contributed by atoms with Crippen LogP contribution in [0.5, 0.6) is 0 Å². The number of nitrogens with one attached hydrogen (secondary N) is 1. The van der Waals surface area contributed by atoms with Crippen LogP contribution >= 0.6 is 0 Å². The molecular weight excluding hydrogens is 356 g/mol. The highest BCUT2D eigenvalue weighted by Gasteiger charge is 2.50. The van der Waals surface area contributed by atoms with Crippen LogP contribution in [0.2, 0.25) is 0 Å². The van der Waals surface area contributed by atoms with Crippen LogP contribution in [0, 0.1) is 0 Å². The highest BCUT2D eigenvalue weighted by molar-refractivity contribution is 6.07. The number of imide groups is 1. The highest BCUT2D eigenvalue weighted by atomic mass is 16.4. The Bertz CT molecular complexity index is 1030. The van der Waals surface area contributed by atoms with Crippen molar-refractivity contribution in [3.8, 4) is 0 Å². The summed E-state index contributed by atoms with van der Waals surface area (Å²) in [6, 6.07) is 5.08. The number of benzene rings is 1. The molecule has 5 rings (SSSR count). The Kier molecular flexibility index (Phi) is 4.03. The highest BCUT2D eigenvalue weighted by Crippen LogP contribution is 2.34. The monoisotopic (exact) mass is 380 g/mol. The number of carbonyl (C=O) groups is 2. The van der Waals surface area contributed by atoms with Crippen LogP contribution in [0.4, 0.5) is 4.79 Å². The molecule has 3 amide bonds. The fourth-order valence-electron chi connectivity index (χ4n) is 5.09. The molecule has 6 nitrogen and oxygen atoms in total. The van der Waals surface area contributed by atoms with Crippen LogP contribution < -0.4 is 10.9 Å². The minimum absolute atomic E-state index is 0.104. The molecule has 1 spiro atoms. The van der Waals surface area contributed by atoms with Gasteiger partial charge in [-0.3, -0.25) is 9.69 Å². The predicted octanol–water partition coefficient (Wildman–Crippen LogP) is 3.43. The molecule has 1 N–H and O–H groups in total. The second-order valence-corrected chi connectivity index (χ2v) is 8.38. The van der Waals surface area contributed by atoms with Crippen molar-refractivity contribution in [3.63, 3.8) is 0 Å². The van der Waals surface area contributed by atoms with Crippen LogP contribution in [0.3, 0.4) is 0 Å². The van der Waals surface area contributed by atoms with Gasteiger partial charge in [0.05, 0.1) is 6.54 Å². The maximum atomic E-state index is 13.2. The molecule has 0 atom stereocenters. The van der Waals surface area contributed by atoms with E-state index in [0.29, 0.717) is 24.0 Å². The van der Waals surface area contributed by atoms with Gasteiger partial charge in [0.2, 0.25) is 0 Å². The lowest BCUT2D eigenvalue weighted by Crippen LogP contribution is -2.46. The Morgan fingerprint density at radius 2 is 1.64 bits per heavy atom. The van der Waals surface area contributed by atoms with Crippen molar-refractivity contribution in [1.29, 1.82) is 0 Å². The van der Waals surface area contributed by atoms with Crippen LogP contribution in [0.25, 0.3) is 11.0 Å². The van der Waals surface area contributed by atoms with E-state index in [1.54, 1.807) is 0 Å². The Balaban J connectivity index is 1.52. The number of hydrogen-bond donors (Lipinski definition) is 1. The fraction of sp³-hybridized carbons (Fsp3) is 0.500. The minimum atomic E-state index is -0.760. The van der Waals surface area contributed by atoms with E-state index in [-0.39, 0.29) is 18.5 Å². The first-order chi connectivity index (χ1) is 13.6. The molecule has 1 saturated carbocycles. The molecule has 3 aliphatic rings. The average Bonchev–Trinajstić information content (AvgIpc) is 3.10. The molecule has 0 bridgehead atoms. The average molecular weight is 380 g/mol. The Labute approximate surface area is 162 Å². The molecule has 2 heterocycles. The van der Waals surface area contributed by atoms with Gasteiger partial charge in [-0.2, -0.15) is 0 Å². The largest absolute Gasteiger partial charge is 0.423 e. The summed E-state index contributed by atoms with van der Waals surface area (Å²) in [4.78, 5) is 39.3. The van der Waals surface area contributed by atoms with Gasteiger partial charge < -0.3 is 9.73 Å². The van der Waals surface area contributed by atoms with Gasteiger partial charge in [-0.15, -0.1) is 0 Å². The lowest BCUT2D eigenvalue weighted by atomic mass is 9.90. The molecular formula is C22H24N2O4. The normalized spacial score (nSPS) is 21.2. The Morgan fingerprint density at radius 1 is 0.929 bits per heavy atom. The van der Waals surface area contributed by atoms with E-state index in [1.807, 2.05) is 6.07 Å². The van der Waals surface area contributed by atoms with Crippen molar-refractivity contribution < 1.29 is 14.0 Å². The maximum absolute atomic E-state index is 13.2. The van der Waals surface area contributed by atoms with E-state index in [0.717, 1.165) is 50.3 Å². The number of aryl methyl sites for hydroxylation is 2. The quantitative estimate of drug-likeness (QED) is 0.639. The summed E-state index contributed by atoms with van der Waals surface area (Å²) in [6.45, 7) is 0.104. The first kappa shape index (κ1) is 17.5. The number of amides is 3. The number of urea groups is 1. The van der Waals surface area contributed by atoms with Gasteiger partial charge in [-0.25, -0.2) is 9.59 Å². The van der Waals surface area contributed by atoms with Crippen molar-refractivity contribution in [2.75, 3.05) is 0 Å². The van der Waals surface area contributed by atoms with Gasteiger partial charge in [-0.05, 0) is 60.9 Å². The number of hydrogen-bond acceptors (Lipinski definition) is 4. The smallest absolute Gasteiger partial charge is 0.336 e. The van der Waals surface area contributed by atoms with Crippen LogP contribution in [0.15, 0.2) is 27.4 Å². The summed E-state index contributed by atoms with van der Waals surface area (Å²) in [6.07, 6.45) is 8.58. The second kappa shape index (κ2) is 6.47. The van der Waals surface area contributed by atoms with Crippen LogP contribution in [0.1, 0.15) is 61.6 Å². The van der Waals surface area contributed by atoms with E-state index in [4.69, 9.17) is 4.42 Å². The van der Waals surface area contributed by atoms with Crippen molar-refractivity contribution in [2.24, 2.45) is 0 Å². The Morgan fingerprint density at radius 3 is 2.39 bits per heavy atom. The van der Waals surface area contributed by atoms with E-state index < -0.39 is 11.2 Å². The third-order valence-electron chi connectivity index (χ3n) is 6.57. The van der Waals surface area contributed by atoms with E-state index in [2.05, 4.69) is 11.4 Å². The minimum Gasteiger partial charge on any atom is -0.423 e. The van der Waals surface area contributed by atoms with Crippen molar-refractivity contribution >= 4 is 22.9 Å². The molecule has 2 aliphatic carbocycles. The number of rotatable bonds is 2. The van der Waals surface area contributed by atoms with Gasteiger partial charge >= 0.3 is 11.7 Å². The predicted molar refractivity (Wildman–Crippen MR) is 104 cm³/mol. The zero-order valence-electron chi connectivity index (χ0n) is 15.9. The molecule has 146 valence electrons. The van der Waals surface area contributed by atoms with E-state index in [1.165, 1.54) is 22.1 Å². The molecule has 0 radical (unpaired) electrons. The van der Waals surface area contributed by atoms with Gasteiger partial charge in [0.15, 0.2) is 0 Å². The molecule has 1 aromatic carbocycles. The zero-order valence-corrected chi connectivity index (χ0v) is 15.9. The fourth-order valence-corrected chi connectivity index (χ4v) is 5.09. The summed E-state index contributed by atoms with van der Waals surface area (Å²) in [5.74, 6) is -0.151. The molecule has 1 aliphatic heterocycles. The topological polar surface area (TPSA) is 79.6 Å². The summed E-state index contributed by atoms with van der Waals surface area (Å²) in [5.41, 5.74) is 2.50. The van der Waals surface area contributed by atoms with Crippen molar-refractivity contribution in [1.82, 2.24) is 10.2 Å². The number of nitrogens with zero attached hydrogens (tertiary/aromatic N) is 1. The number of carbonyl (C=O) groups excluding carboxylic acids is 2. The first-order valence-corrected chi connectivity index (χ1v) is 10.3. The SMILES string of the molecule is O=C1NC2(CCCCCC2)C(=O)N1Cc1cc(=O)oc2cc3c(cc12)CCC3. The molecule has 2 fully saturated rings. The molecule has 28 heavy (non-hydrogen) atoms. The first-order valence-electron chi connectivity index (χ1n) is 10.3.